The third-order valence-corrected chi connectivity index (χ3v) is 3.70. The molecular weight excluding hydrogens is 196 g/mol. The van der Waals surface area contributed by atoms with Crippen molar-refractivity contribution in [2.75, 3.05) is 24.7 Å². The molecule has 0 bridgehead atoms. The number of hydrogen-bond acceptors (Lipinski definition) is 3. The van der Waals surface area contributed by atoms with Gasteiger partial charge in [-0.3, -0.25) is 10.1 Å². The summed E-state index contributed by atoms with van der Waals surface area (Å²) in [6.45, 7) is 3.82. The molecule has 2 heterocycles. The van der Waals surface area contributed by atoms with Gasteiger partial charge in [-0.05, 0) is 13.3 Å². The van der Waals surface area contributed by atoms with Crippen molar-refractivity contribution in [2.45, 2.75) is 19.4 Å². The summed E-state index contributed by atoms with van der Waals surface area (Å²) < 4.78 is 0. The number of carbonyl (C=O) groups excluding carboxylic acids is 1. The van der Waals surface area contributed by atoms with Gasteiger partial charge in [-0.25, -0.2) is 0 Å². The maximum Gasteiger partial charge on any atom is 0.240 e. The van der Waals surface area contributed by atoms with E-state index in [0.29, 0.717) is 0 Å². The predicted octanol–water partition coefficient (Wildman–Crippen LogP) is 0.827. The lowest BCUT2D eigenvalue weighted by molar-refractivity contribution is -0.132. The van der Waals surface area contributed by atoms with Crippen LogP contribution in [0.3, 0.4) is 0 Å². The molecule has 3 nitrogen and oxygen atoms in total. The molecular formula is C10H16N2OS. The molecule has 1 N–H and O–H groups in total. The second-order valence-corrected chi connectivity index (χ2v) is 4.89. The highest BCUT2D eigenvalue weighted by Gasteiger charge is 2.27. The fourth-order valence-corrected chi connectivity index (χ4v) is 2.68. The topological polar surface area (TPSA) is 32.3 Å². The summed E-state index contributed by atoms with van der Waals surface area (Å²) in [5.41, 5.74) is 1.41. The van der Waals surface area contributed by atoms with Crippen molar-refractivity contribution in [3.05, 3.63) is 11.6 Å². The van der Waals surface area contributed by atoms with Crippen LogP contribution in [0.4, 0.5) is 0 Å². The van der Waals surface area contributed by atoms with Crippen molar-refractivity contribution in [1.82, 2.24) is 10.2 Å². The first-order valence-corrected chi connectivity index (χ1v) is 6.18. The van der Waals surface area contributed by atoms with Crippen LogP contribution < -0.4 is 5.32 Å². The van der Waals surface area contributed by atoms with Gasteiger partial charge < -0.3 is 4.90 Å². The Morgan fingerprint density at radius 3 is 3.14 bits per heavy atom. The second kappa shape index (κ2) is 4.36. The molecule has 0 aromatic rings. The van der Waals surface area contributed by atoms with Crippen molar-refractivity contribution in [2.24, 2.45) is 0 Å². The van der Waals surface area contributed by atoms with E-state index >= 15 is 0 Å². The zero-order valence-electron chi connectivity index (χ0n) is 8.45. The van der Waals surface area contributed by atoms with E-state index in [0.717, 1.165) is 31.1 Å². The average Bonchev–Trinajstić information content (AvgIpc) is 2.71. The highest BCUT2D eigenvalue weighted by atomic mass is 32.2. The highest BCUT2D eigenvalue weighted by Crippen LogP contribution is 2.15. The van der Waals surface area contributed by atoms with Crippen LogP contribution in [0.15, 0.2) is 11.6 Å². The normalized spacial score (nSPS) is 27.6. The van der Waals surface area contributed by atoms with E-state index < -0.39 is 0 Å². The molecule has 78 valence electrons. The molecule has 1 atom stereocenters. The van der Waals surface area contributed by atoms with Gasteiger partial charge in [0.2, 0.25) is 5.91 Å². The van der Waals surface area contributed by atoms with Crippen LogP contribution in [0.25, 0.3) is 0 Å². The summed E-state index contributed by atoms with van der Waals surface area (Å²) in [5, 5.41) is 3.22. The molecule has 1 saturated heterocycles. The van der Waals surface area contributed by atoms with E-state index in [1.165, 1.54) is 5.57 Å². The maximum absolute atomic E-state index is 11.9. The van der Waals surface area contributed by atoms with Gasteiger partial charge in [0.05, 0.1) is 6.04 Å². The minimum atomic E-state index is 0.0619. The van der Waals surface area contributed by atoms with E-state index in [1.54, 1.807) is 11.8 Å². The predicted molar refractivity (Wildman–Crippen MR) is 59.2 cm³/mol. The van der Waals surface area contributed by atoms with Gasteiger partial charge in [0, 0.05) is 24.7 Å². The van der Waals surface area contributed by atoms with Crippen LogP contribution in [0.5, 0.6) is 0 Å². The zero-order valence-corrected chi connectivity index (χ0v) is 9.27. The monoisotopic (exact) mass is 212 g/mol. The summed E-state index contributed by atoms with van der Waals surface area (Å²) in [6.07, 6.45) is 3.19. The number of carbonyl (C=O) groups is 1. The Labute approximate surface area is 88.9 Å². The first-order chi connectivity index (χ1) is 6.77. The lowest BCUT2D eigenvalue weighted by Gasteiger charge is -2.27. The second-order valence-electron chi connectivity index (χ2n) is 3.86. The SMILES string of the molecule is CC1=CCN(C(=O)C2CSCN2)CC1. The molecule has 2 aliphatic heterocycles. The molecule has 1 amide bonds. The summed E-state index contributed by atoms with van der Waals surface area (Å²) in [7, 11) is 0. The van der Waals surface area contributed by atoms with Gasteiger partial charge in [0.15, 0.2) is 0 Å². The molecule has 1 fully saturated rings. The minimum absolute atomic E-state index is 0.0619. The smallest absolute Gasteiger partial charge is 0.240 e. The summed E-state index contributed by atoms with van der Waals surface area (Å²) >= 11 is 1.80. The Bertz CT molecular complexity index is 259. The van der Waals surface area contributed by atoms with E-state index in [4.69, 9.17) is 0 Å². The Balaban J connectivity index is 1.92. The van der Waals surface area contributed by atoms with Gasteiger partial charge in [-0.15, -0.1) is 11.8 Å². The molecule has 0 aliphatic carbocycles. The number of rotatable bonds is 1. The van der Waals surface area contributed by atoms with Crippen molar-refractivity contribution < 1.29 is 4.79 Å². The number of hydrogen-bond donors (Lipinski definition) is 1. The quantitative estimate of drug-likeness (QED) is 0.653. The number of amides is 1. The molecule has 0 spiro atoms. The highest BCUT2D eigenvalue weighted by molar-refractivity contribution is 7.99. The zero-order chi connectivity index (χ0) is 9.97. The lowest BCUT2D eigenvalue weighted by atomic mass is 10.1. The van der Waals surface area contributed by atoms with Crippen LogP contribution >= 0.6 is 11.8 Å². The van der Waals surface area contributed by atoms with E-state index in [-0.39, 0.29) is 11.9 Å². The van der Waals surface area contributed by atoms with Crippen LogP contribution in [0, 0.1) is 0 Å². The van der Waals surface area contributed by atoms with Crippen LogP contribution in [0.1, 0.15) is 13.3 Å². The summed E-state index contributed by atoms with van der Waals surface area (Å²) in [5.74, 6) is 2.12. The van der Waals surface area contributed by atoms with Crippen LogP contribution in [-0.2, 0) is 4.79 Å². The number of thioether (sulfide) groups is 1. The van der Waals surface area contributed by atoms with Crippen molar-refractivity contribution >= 4 is 17.7 Å². The Kier molecular flexibility index (Phi) is 3.13. The molecule has 14 heavy (non-hydrogen) atoms. The fourth-order valence-electron chi connectivity index (χ4n) is 1.75. The third kappa shape index (κ3) is 2.12. The molecule has 4 heteroatoms. The largest absolute Gasteiger partial charge is 0.337 e. The Morgan fingerprint density at radius 2 is 2.57 bits per heavy atom. The van der Waals surface area contributed by atoms with Crippen LogP contribution in [-0.4, -0.2) is 41.6 Å². The van der Waals surface area contributed by atoms with E-state index in [2.05, 4.69) is 18.3 Å². The van der Waals surface area contributed by atoms with Gasteiger partial charge in [-0.2, -0.15) is 0 Å². The molecule has 1 unspecified atom stereocenters. The molecule has 0 saturated carbocycles. The lowest BCUT2D eigenvalue weighted by Crippen LogP contribution is -2.46. The number of nitrogens with one attached hydrogen (secondary N) is 1. The molecule has 2 aliphatic rings. The first-order valence-electron chi connectivity index (χ1n) is 5.03. The van der Waals surface area contributed by atoms with Gasteiger partial charge in [-0.1, -0.05) is 11.6 Å². The molecule has 0 radical (unpaired) electrons. The fraction of sp³-hybridized carbons (Fsp3) is 0.700. The maximum atomic E-state index is 11.9. The molecule has 0 aromatic heterocycles. The van der Waals surface area contributed by atoms with E-state index in [1.807, 2.05) is 4.90 Å². The molecule has 0 aromatic carbocycles. The van der Waals surface area contributed by atoms with Gasteiger partial charge >= 0.3 is 0 Å². The third-order valence-electron chi connectivity index (χ3n) is 2.76. The van der Waals surface area contributed by atoms with E-state index in [9.17, 15) is 4.79 Å². The standard InChI is InChI=1S/C10H16N2OS/c1-8-2-4-12(5-3-8)10(13)9-6-14-7-11-9/h2,9,11H,3-7H2,1H3. The first kappa shape index (κ1) is 10.1. The Hall–Kier alpha value is -0.480. The summed E-state index contributed by atoms with van der Waals surface area (Å²) in [4.78, 5) is 13.9. The molecule has 2 rings (SSSR count). The van der Waals surface area contributed by atoms with Gasteiger partial charge in [0.1, 0.15) is 0 Å². The van der Waals surface area contributed by atoms with Crippen LogP contribution in [0.2, 0.25) is 0 Å². The summed E-state index contributed by atoms with van der Waals surface area (Å²) in [6, 6.07) is 0.0619. The average molecular weight is 212 g/mol. The van der Waals surface area contributed by atoms with Crippen molar-refractivity contribution in [3.63, 3.8) is 0 Å². The Morgan fingerprint density at radius 1 is 1.71 bits per heavy atom. The minimum Gasteiger partial charge on any atom is -0.337 e. The number of nitrogens with zero attached hydrogens (tertiary/aromatic N) is 1. The van der Waals surface area contributed by atoms with Gasteiger partial charge in [0.25, 0.3) is 0 Å². The van der Waals surface area contributed by atoms with Crippen molar-refractivity contribution in [3.8, 4) is 0 Å². The van der Waals surface area contributed by atoms with Crippen molar-refractivity contribution in [1.29, 1.82) is 0 Å².